The number of benzene rings is 1. The molecule has 1 saturated heterocycles. The summed E-state index contributed by atoms with van der Waals surface area (Å²) in [6, 6.07) is 7.68. The third-order valence-electron chi connectivity index (χ3n) is 4.88. The number of hydrogen-bond acceptors (Lipinski definition) is 3. The lowest BCUT2D eigenvalue weighted by atomic mass is 10.0. The van der Waals surface area contributed by atoms with Crippen LogP contribution in [0.2, 0.25) is 0 Å². The van der Waals surface area contributed by atoms with Gasteiger partial charge in [0.2, 0.25) is 0 Å². The highest BCUT2D eigenvalue weighted by atomic mass is 16.3. The maximum Gasteiger partial charge on any atom is 0.313 e. The fraction of sp³-hybridized carbons (Fsp3) is 0.474. The number of hydrogen-bond donors (Lipinski definition) is 2. The van der Waals surface area contributed by atoms with Crippen molar-refractivity contribution in [1.29, 1.82) is 0 Å². The van der Waals surface area contributed by atoms with Crippen LogP contribution in [0.25, 0.3) is 10.9 Å². The number of likely N-dealkylation sites (tertiary alicyclic amines) is 1. The smallest absolute Gasteiger partial charge is 0.313 e. The van der Waals surface area contributed by atoms with E-state index in [1.54, 1.807) is 6.92 Å². The Morgan fingerprint density at radius 3 is 2.84 bits per heavy atom. The van der Waals surface area contributed by atoms with Crippen molar-refractivity contribution >= 4 is 28.4 Å². The first-order valence-corrected chi connectivity index (χ1v) is 8.86. The molecule has 2 atom stereocenters. The highest BCUT2D eigenvalue weighted by Crippen LogP contribution is 2.22. The molecule has 0 aliphatic carbocycles. The van der Waals surface area contributed by atoms with Crippen molar-refractivity contribution in [1.82, 2.24) is 9.47 Å². The normalized spacial score (nSPS) is 18.5. The Hall–Kier alpha value is -2.34. The Bertz CT molecular complexity index is 781. The molecule has 0 bridgehead atoms. The van der Waals surface area contributed by atoms with E-state index in [0.717, 1.165) is 30.3 Å². The molecule has 25 heavy (non-hydrogen) atoms. The van der Waals surface area contributed by atoms with Gasteiger partial charge >= 0.3 is 11.8 Å². The topological polar surface area (TPSA) is 74.6 Å². The first-order valence-electron chi connectivity index (χ1n) is 8.86. The fourth-order valence-electron chi connectivity index (χ4n) is 3.41. The second kappa shape index (κ2) is 7.27. The van der Waals surface area contributed by atoms with Gasteiger partial charge in [-0.15, -0.1) is 0 Å². The standard InChI is InChI=1S/C19H25N3O3/c1-3-8-21-9-6-14-11-16(4-5-17(14)21)20-18(24)19(25)22-10-7-15(12-22)13(2)23/h4-6,9,11,13,15,23H,3,7-8,10,12H2,1-2H3,(H,20,24). The molecule has 0 radical (unpaired) electrons. The van der Waals surface area contributed by atoms with Crippen LogP contribution >= 0.6 is 0 Å². The lowest BCUT2D eigenvalue weighted by molar-refractivity contribution is -0.142. The van der Waals surface area contributed by atoms with Crippen molar-refractivity contribution in [2.45, 2.75) is 39.3 Å². The van der Waals surface area contributed by atoms with Crippen LogP contribution in [0.4, 0.5) is 5.69 Å². The van der Waals surface area contributed by atoms with E-state index in [1.807, 2.05) is 30.5 Å². The number of aryl methyl sites for hydroxylation is 1. The van der Waals surface area contributed by atoms with Crippen LogP contribution in [0.5, 0.6) is 0 Å². The van der Waals surface area contributed by atoms with Gasteiger partial charge < -0.3 is 19.9 Å². The molecule has 3 rings (SSSR count). The number of aromatic nitrogens is 1. The summed E-state index contributed by atoms with van der Waals surface area (Å²) < 4.78 is 2.17. The van der Waals surface area contributed by atoms with Crippen molar-refractivity contribution in [3.05, 3.63) is 30.5 Å². The highest BCUT2D eigenvalue weighted by Gasteiger charge is 2.32. The second-order valence-electron chi connectivity index (χ2n) is 6.78. The molecule has 0 saturated carbocycles. The summed E-state index contributed by atoms with van der Waals surface area (Å²) >= 11 is 0. The maximum atomic E-state index is 12.3. The average Bonchev–Trinajstić information content (AvgIpc) is 3.22. The molecule has 1 fully saturated rings. The largest absolute Gasteiger partial charge is 0.393 e. The number of carbonyl (C=O) groups excluding carboxylic acids is 2. The van der Waals surface area contributed by atoms with E-state index in [-0.39, 0.29) is 5.92 Å². The number of aliphatic hydroxyl groups is 1. The number of amides is 2. The zero-order valence-electron chi connectivity index (χ0n) is 14.7. The summed E-state index contributed by atoms with van der Waals surface area (Å²) in [4.78, 5) is 26.1. The Kier molecular flexibility index (Phi) is 5.08. The lowest BCUT2D eigenvalue weighted by Crippen LogP contribution is -2.38. The van der Waals surface area contributed by atoms with Crippen molar-refractivity contribution < 1.29 is 14.7 Å². The maximum absolute atomic E-state index is 12.3. The molecule has 6 heteroatoms. The first kappa shape index (κ1) is 17.5. The number of anilines is 1. The minimum Gasteiger partial charge on any atom is -0.393 e. The van der Waals surface area contributed by atoms with E-state index < -0.39 is 17.9 Å². The van der Waals surface area contributed by atoms with Crippen LogP contribution in [0.1, 0.15) is 26.7 Å². The van der Waals surface area contributed by atoms with Crippen LogP contribution < -0.4 is 5.32 Å². The van der Waals surface area contributed by atoms with Crippen molar-refractivity contribution in [3.8, 4) is 0 Å². The quantitative estimate of drug-likeness (QED) is 0.836. The predicted molar refractivity (Wildman–Crippen MR) is 97.2 cm³/mol. The Labute approximate surface area is 147 Å². The van der Waals surface area contributed by atoms with Crippen LogP contribution in [0.15, 0.2) is 30.5 Å². The van der Waals surface area contributed by atoms with Crippen LogP contribution in [-0.4, -0.2) is 45.6 Å². The van der Waals surface area contributed by atoms with E-state index in [9.17, 15) is 14.7 Å². The van der Waals surface area contributed by atoms with Crippen LogP contribution in [0.3, 0.4) is 0 Å². The Balaban J connectivity index is 1.66. The summed E-state index contributed by atoms with van der Waals surface area (Å²) in [5, 5.41) is 13.4. The number of nitrogens with one attached hydrogen (secondary N) is 1. The van der Waals surface area contributed by atoms with Crippen LogP contribution in [0, 0.1) is 5.92 Å². The fourth-order valence-corrected chi connectivity index (χ4v) is 3.41. The predicted octanol–water partition coefficient (Wildman–Crippen LogP) is 2.22. The molecule has 0 spiro atoms. The molecular weight excluding hydrogens is 318 g/mol. The van der Waals surface area contributed by atoms with Gasteiger partial charge in [-0.3, -0.25) is 9.59 Å². The lowest BCUT2D eigenvalue weighted by Gasteiger charge is -2.17. The molecule has 134 valence electrons. The molecule has 1 aromatic heterocycles. The van der Waals surface area contributed by atoms with Gasteiger partial charge in [0.1, 0.15) is 0 Å². The van der Waals surface area contributed by atoms with Gasteiger partial charge in [0.15, 0.2) is 0 Å². The van der Waals surface area contributed by atoms with E-state index in [4.69, 9.17) is 0 Å². The third kappa shape index (κ3) is 3.69. The van der Waals surface area contributed by atoms with Gasteiger partial charge in [0, 0.05) is 48.3 Å². The monoisotopic (exact) mass is 343 g/mol. The van der Waals surface area contributed by atoms with Gasteiger partial charge in [-0.1, -0.05) is 6.92 Å². The van der Waals surface area contributed by atoms with Gasteiger partial charge in [0.25, 0.3) is 0 Å². The summed E-state index contributed by atoms with van der Waals surface area (Å²) in [5.74, 6) is -1.11. The van der Waals surface area contributed by atoms with Gasteiger partial charge in [-0.25, -0.2) is 0 Å². The molecule has 2 amide bonds. The number of fused-ring (bicyclic) bond motifs is 1. The van der Waals surface area contributed by atoms with E-state index in [1.165, 1.54) is 4.90 Å². The van der Waals surface area contributed by atoms with E-state index in [2.05, 4.69) is 16.8 Å². The minimum absolute atomic E-state index is 0.0476. The zero-order valence-corrected chi connectivity index (χ0v) is 14.7. The number of rotatable bonds is 4. The third-order valence-corrected chi connectivity index (χ3v) is 4.88. The number of nitrogens with zero attached hydrogens (tertiary/aromatic N) is 2. The minimum atomic E-state index is -0.626. The number of aliphatic hydroxyl groups excluding tert-OH is 1. The van der Waals surface area contributed by atoms with Gasteiger partial charge in [-0.05, 0) is 44.0 Å². The second-order valence-corrected chi connectivity index (χ2v) is 6.78. The zero-order chi connectivity index (χ0) is 18.0. The van der Waals surface area contributed by atoms with Crippen LogP contribution in [-0.2, 0) is 16.1 Å². The highest BCUT2D eigenvalue weighted by molar-refractivity contribution is 6.39. The van der Waals surface area contributed by atoms with Gasteiger partial charge in [0.05, 0.1) is 6.10 Å². The van der Waals surface area contributed by atoms with E-state index >= 15 is 0 Å². The summed E-state index contributed by atoms with van der Waals surface area (Å²) in [6.07, 6.45) is 3.36. The molecule has 2 aromatic rings. The molecule has 2 N–H and O–H groups in total. The Morgan fingerprint density at radius 2 is 2.16 bits per heavy atom. The van der Waals surface area contributed by atoms with Crippen molar-refractivity contribution in [2.75, 3.05) is 18.4 Å². The molecule has 1 aromatic carbocycles. The first-order chi connectivity index (χ1) is 12.0. The molecule has 6 nitrogen and oxygen atoms in total. The number of carbonyl (C=O) groups is 2. The van der Waals surface area contributed by atoms with Crippen molar-refractivity contribution in [3.63, 3.8) is 0 Å². The SMILES string of the molecule is CCCn1ccc2cc(NC(=O)C(=O)N3CCC(C(C)O)C3)ccc21. The van der Waals surface area contributed by atoms with Crippen molar-refractivity contribution in [2.24, 2.45) is 5.92 Å². The summed E-state index contributed by atoms with van der Waals surface area (Å²) in [6.45, 7) is 5.75. The summed E-state index contributed by atoms with van der Waals surface area (Å²) in [7, 11) is 0. The molecule has 2 unspecified atom stereocenters. The van der Waals surface area contributed by atoms with E-state index in [0.29, 0.717) is 18.8 Å². The summed E-state index contributed by atoms with van der Waals surface area (Å²) in [5.41, 5.74) is 1.73. The average molecular weight is 343 g/mol. The molecular formula is C19H25N3O3. The van der Waals surface area contributed by atoms with Gasteiger partial charge in [-0.2, -0.15) is 0 Å². The molecule has 1 aliphatic heterocycles. The Morgan fingerprint density at radius 1 is 1.36 bits per heavy atom. The molecule has 1 aliphatic rings. The molecule has 2 heterocycles.